The van der Waals surface area contributed by atoms with Crippen LogP contribution in [-0.2, 0) is 16.1 Å². The van der Waals surface area contributed by atoms with Gasteiger partial charge in [-0.25, -0.2) is 0 Å². The van der Waals surface area contributed by atoms with Crippen LogP contribution in [-0.4, -0.2) is 54.8 Å². The Morgan fingerprint density at radius 2 is 2.10 bits per heavy atom. The largest absolute Gasteiger partial charge is 0.496 e. The number of ether oxygens (including phenoxy) is 2. The predicted octanol–water partition coefficient (Wildman–Crippen LogP) is 1.14. The van der Waals surface area contributed by atoms with Crippen LogP contribution in [0, 0.1) is 10.1 Å². The number of non-ortho nitro benzene ring substituents is 1. The molecule has 0 bridgehead atoms. The zero-order valence-corrected chi connectivity index (χ0v) is 11.9. The molecule has 0 heterocycles. The molecule has 0 aliphatic rings. The molecule has 1 rings (SSSR count). The number of carbonyl (C=O) groups is 1. The van der Waals surface area contributed by atoms with Gasteiger partial charge in [0.2, 0.25) is 0 Å². The van der Waals surface area contributed by atoms with Gasteiger partial charge in [-0.05, 0) is 11.6 Å². The molecule has 0 aromatic heterocycles. The molecule has 0 spiro atoms. The molecule has 0 fully saturated rings. The van der Waals surface area contributed by atoms with Crippen molar-refractivity contribution in [2.24, 2.45) is 0 Å². The summed E-state index contributed by atoms with van der Waals surface area (Å²) in [5.74, 6) is -0.607. The van der Waals surface area contributed by atoms with E-state index in [0.717, 1.165) is 0 Å². The maximum absolute atomic E-state index is 10.9. The Bertz CT molecular complexity index is 505. The van der Waals surface area contributed by atoms with Gasteiger partial charge < -0.3 is 14.6 Å². The van der Waals surface area contributed by atoms with Crippen LogP contribution in [0.3, 0.4) is 0 Å². The number of aliphatic carboxylic acids is 1. The zero-order chi connectivity index (χ0) is 15.8. The van der Waals surface area contributed by atoms with Crippen molar-refractivity contribution < 1.29 is 24.3 Å². The van der Waals surface area contributed by atoms with Crippen molar-refractivity contribution in [2.45, 2.75) is 6.54 Å². The Hall–Kier alpha value is -2.19. The highest BCUT2D eigenvalue weighted by Crippen LogP contribution is 2.23. The maximum Gasteiger partial charge on any atom is 0.317 e. The number of hydrogen-bond acceptors (Lipinski definition) is 6. The molecular formula is C13H18N2O6. The highest BCUT2D eigenvalue weighted by Gasteiger charge is 2.14. The number of benzene rings is 1. The normalized spacial score (nSPS) is 10.6. The minimum atomic E-state index is -0.969. The summed E-state index contributed by atoms with van der Waals surface area (Å²) >= 11 is 0. The Morgan fingerprint density at radius 3 is 2.62 bits per heavy atom. The lowest BCUT2D eigenvalue weighted by Crippen LogP contribution is -2.32. The minimum absolute atomic E-state index is 0.0913. The van der Waals surface area contributed by atoms with Crippen LogP contribution in [0.25, 0.3) is 0 Å². The number of rotatable bonds is 9. The Labute approximate surface area is 122 Å². The summed E-state index contributed by atoms with van der Waals surface area (Å²) < 4.78 is 9.96. The first-order valence-corrected chi connectivity index (χ1v) is 6.21. The Balaban J connectivity index is 2.92. The van der Waals surface area contributed by atoms with Crippen molar-refractivity contribution in [3.05, 3.63) is 33.9 Å². The lowest BCUT2D eigenvalue weighted by molar-refractivity contribution is -0.385. The van der Waals surface area contributed by atoms with Gasteiger partial charge in [-0.15, -0.1) is 0 Å². The van der Waals surface area contributed by atoms with Gasteiger partial charge in [0.05, 0.1) is 31.3 Å². The molecule has 8 nitrogen and oxygen atoms in total. The van der Waals surface area contributed by atoms with Crippen molar-refractivity contribution in [1.29, 1.82) is 0 Å². The lowest BCUT2D eigenvalue weighted by Gasteiger charge is -2.20. The summed E-state index contributed by atoms with van der Waals surface area (Å²) in [6, 6.07) is 4.37. The lowest BCUT2D eigenvalue weighted by atomic mass is 10.1. The molecule has 0 unspecified atom stereocenters. The SMILES string of the molecule is COCCN(CC(=O)O)Cc1cc(OC)cc([N+](=O)[O-])c1. The third-order valence-corrected chi connectivity index (χ3v) is 2.77. The second-order valence-corrected chi connectivity index (χ2v) is 4.39. The van der Waals surface area contributed by atoms with E-state index in [9.17, 15) is 14.9 Å². The van der Waals surface area contributed by atoms with E-state index in [1.807, 2.05) is 0 Å². The van der Waals surface area contributed by atoms with Gasteiger partial charge in [0.25, 0.3) is 5.69 Å². The molecular weight excluding hydrogens is 280 g/mol. The van der Waals surface area contributed by atoms with Gasteiger partial charge in [0, 0.05) is 26.3 Å². The van der Waals surface area contributed by atoms with Crippen LogP contribution in [0.1, 0.15) is 5.56 Å². The van der Waals surface area contributed by atoms with E-state index in [0.29, 0.717) is 24.5 Å². The third-order valence-electron chi connectivity index (χ3n) is 2.77. The van der Waals surface area contributed by atoms with Crippen molar-refractivity contribution in [3.63, 3.8) is 0 Å². The molecule has 116 valence electrons. The van der Waals surface area contributed by atoms with Gasteiger partial charge in [-0.3, -0.25) is 19.8 Å². The van der Waals surface area contributed by atoms with Crippen LogP contribution in [0.15, 0.2) is 18.2 Å². The molecule has 1 N–H and O–H groups in total. The maximum atomic E-state index is 10.9. The summed E-state index contributed by atoms with van der Waals surface area (Å²) in [4.78, 5) is 22.8. The van der Waals surface area contributed by atoms with E-state index in [2.05, 4.69) is 0 Å². The van der Waals surface area contributed by atoms with Crippen LogP contribution in [0.5, 0.6) is 5.75 Å². The number of carboxylic acid groups (broad SMARTS) is 1. The fourth-order valence-electron chi connectivity index (χ4n) is 1.84. The van der Waals surface area contributed by atoms with Crippen molar-refractivity contribution >= 4 is 11.7 Å². The summed E-state index contributed by atoms with van der Waals surface area (Å²) in [6.07, 6.45) is 0. The molecule has 21 heavy (non-hydrogen) atoms. The van der Waals surface area contributed by atoms with Crippen LogP contribution >= 0.6 is 0 Å². The molecule has 1 aromatic rings. The third kappa shape index (κ3) is 5.76. The predicted molar refractivity (Wildman–Crippen MR) is 74.4 cm³/mol. The molecule has 0 saturated heterocycles. The second kappa shape index (κ2) is 8.18. The number of nitro benzene ring substituents is 1. The summed E-state index contributed by atoms with van der Waals surface area (Å²) in [5.41, 5.74) is 0.518. The van der Waals surface area contributed by atoms with E-state index in [-0.39, 0.29) is 18.8 Å². The van der Waals surface area contributed by atoms with Crippen LogP contribution < -0.4 is 4.74 Å². The number of hydrogen-bond donors (Lipinski definition) is 1. The molecule has 0 atom stereocenters. The molecule has 8 heteroatoms. The molecule has 0 aliphatic carbocycles. The molecule has 0 aliphatic heterocycles. The van der Waals surface area contributed by atoms with Gasteiger partial charge in [-0.2, -0.15) is 0 Å². The zero-order valence-electron chi connectivity index (χ0n) is 11.9. The van der Waals surface area contributed by atoms with Gasteiger partial charge in [0.1, 0.15) is 5.75 Å². The topological polar surface area (TPSA) is 102 Å². The average molecular weight is 298 g/mol. The van der Waals surface area contributed by atoms with E-state index >= 15 is 0 Å². The average Bonchev–Trinajstić information content (AvgIpc) is 2.43. The highest BCUT2D eigenvalue weighted by molar-refractivity contribution is 5.69. The molecule has 0 saturated carbocycles. The fraction of sp³-hybridized carbons (Fsp3) is 0.462. The minimum Gasteiger partial charge on any atom is -0.496 e. The van der Waals surface area contributed by atoms with Crippen LogP contribution in [0.4, 0.5) is 5.69 Å². The smallest absolute Gasteiger partial charge is 0.317 e. The van der Waals surface area contributed by atoms with Gasteiger partial charge in [0.15, 0.2) is 0 Å². The van der Waals surface area contributed by atoms with Crippen LogP contribution in [0.2, 0.25) is 0 Å². The first-order valence-electron chi connectivity index (χ1n) is 6.21. The molecule has 0 radical (unpaired) electrons. The monoisotopic (exact) mass is 298 g/mol. The Morgan fingerprint density at radius 1 is 1.38 bits per heavy atom. The summed E-state index contributed by atoms with van der Waals surface area (Å²) in [7, 11) is 2.94. The number of nitrogens with zero attached hydrogens (tertiary/aromatic N) is 2. The highest BCUT2D eigenvalue weighted by atomic mass is 16.6. The first kappa shape index (κ1) is 16.9. The van der Waals surface area contributed by atoms with Gasteiger partial charge in [-0.1, -0.05) is 0 Å². The summed E-state index contributed by atoms with van der Waals surface area (Å²) in [6.45, 7) is 0.870. The standard InChI is InChI=1S/C13H18N2O6/c1-20-4-3-14(9-13(16)17)8-10-5-11(15(18)19)7-12(6-10)21-2/h5-7H,3-4,8-9H2,1-2H3,(H,16,17). The Kier molecular flexibility index (Phi) is 6.57. The number of nitro groups is 1. The van der Waals surface area contributed by atoms with Crippen molar-refractivity contribution in [3.8, 4) is 5.75 Å². The molecule has 0 amide bonds. The first-order chi connectivity index (χ1) is 9.96. The van der Waals surface area contributed by atoms with E-state index < -0.39 is 10.9 Å². The number of carboxylic acids is 1. The summed E-state index contributed by atoms with van der Waals surface area (Å²) in [5, 5.41) is 19.8. The number of methoxy groups -OCH3 is 2. The van der Waals surface area contributed by atoms with E-state index in [1.165, 1.54) is 26.4 Å². The van der Waals surface area contributed by atoms with E-state index in [1.54, 1.807) is 11.0 Å². The van der Waals surface area contributed by atoms with Crippen molar-refractivity contribution in [1.82, 2.24) is 4.90 Å². The van der Waals surface area contributed by atoms with Crippen molar-refractivity contribution in [2.75, 3.05) is 33.9 Å². The quantitative estimate of drug-likeness (QED) is 0.538. The second-order valence-electron chi connectivity index (χ2n) is 4.39. The molecule has 1 aromatic carbocycles. The fourth-order valence-corrected chi connectivity index (χ4v) is 1.84. The van der Waals surface area contributed by atoms with E-state index in [4.69, 9.17) is 14.6 Å². The van der Waals surface area contributed by atoms with Gasteiger partial charge >= 0.3 is 5.97 Å².